The molecule has 0 spiro atoms. The first-order valence-electron chi connectivity index (χ1n) is 3.97. The first-order valence-corrected chi connectivity index (χ1v) is 5.86. The van der Waals surface area contributed by atoms with Crippen LogP contribution in [0.3, 0.4) is 0 Å². The highest BCUT2D eigenvalue weighted by Crippen LogP contribution is 2.22. The van der Waals surface area contributed by atoms with E-state index in [0.29, 0.717) is 0 Å². The van der Waals surface area contributed by atoms with Crippen LogP contribution in [0.15, 0.2) is 36.4 Å². The maximum absolute atomic E-state index is 4.37. The molecule has 1 aromatic heterocycles. The Morgan fingerprint density at radius 1 is 1.23 bits per heavy atom. The van der Waals surface area contributed by atoms with Crippen molar-refractivity contribution in [2.75, 3.05) is 0 Å². The number of benzene rings is 1. The molecule has 0 saturated heterocycles. The molecule has 0 bridgehead atoms. The average molecular weight is 254 g/mol. The third-order valence-electron chi connectivity index (χ3n) is 1.76. The number of alkyl halides is 1. The van der Waals surface area contributed by atoms with Crippen LogP contribution in [0.1, 0.15) is 4.88 Å². The maximum atomic E-state index is 4.37. The molecule has 3 heteroatoms. The summed E-state index contributed by atoms with van der Waals surface area (Å²) in [5.41, 5.74) is 2.26. The third-order valence-corrected chi connectivity index (χ3v) is 3.52. The normalized spacial score (nSPS) is 10.2. The number of rotatable bonds is 2. The van der Waals surface area contributed by atoms with Gasteiger partial charge >= 0.3 is 0 Å². The monoisotopic (exact) mass is 253 g/mol. The quantitative estimate of drug-likeness (QED) is 0.744. The predicted octanol–water partition coefficient (Wildman–Crippen LogP) is 3.71. The molecule has 2 rings (SSSR count). The lowest BCUT2D eigenvalue weighted by Crippen LogP contribution is -1.73. The first kappa shape index (κ1) is 8.91. The Labute approximate surface area is 89.7 Å². The number of hydrogen-bond acceptors (Lipinski definition) is 2. The van der Waals surface area contributed by atoms with Gasteiger partial charge in [0.1, 0.15) is 0 Å². The Hall–Kier alpha value is -0.670. The van der Waals surface area contributed by atoms with Crippen LogP contribution in [0.25, 0.3) is 11.3 Å². The van der Waals surface area contributed by atoms with Gasteiger partial charge in [-0.3, -0.25) is 0 Å². The summed E-state index contributed by atoms with van der Waals surface area (Å²) < 4.78 is 4.37. The van der Waals surface area contributed by atoms with Gasteiger partial charge in [0.25, 0.3) is 0 Å². The molecule has 0 N–H and O–H groups in total. The van der Waals surface area contributed by atoms with Gasteiger partial charge in [-0.1, -0.05) is 46.3 Å². The van der Waals surface area contributed by atoms with Crippen LogP contribution in [0.5, 0.6) is 0 Å². The van der Waals surface area contributed by atoms with Crippen LogP contribution < -0.4 is 0 Å². The highest BCUT2D eigenvalue weighted by molar-refractivity contribution is 9.08. The van der Waals surface area contributed by atoms with Crippen molar-refractivity contribution in [3.8, 4) is 11.3 Å². The van der Waals surface area contributed by atoms with E-state index >= 15 is 0 Å². The van der Waals surface area contributed by atoms with Gasteiger partial charge in [0.05, 0.1) is 5.69 Å². The fourth-order valence-electron chi connectivity index (χ4n) is 1.12. The summed E-state index contributed by atoms with van der Waals surface area (Å²) in [5, 5.41) is 0.886. The van der Waals surface area contributed by atoms with Gasteiger partial charge in [-0.05, 0) is 17.6 Å². The number of halogens is 1. The molecule has 0 aliphatic carbocycles. The minimum Gasteiger partial charge on any atom is -0.192 e. The van der Waals surface area contributed by atoms with Crippen molar-refractivity contribution in [2.45, 2.75) is 5.33 Å². The van der Waals surface area contributed by atoms with Gasteiger partial charge in [0.2, 0.25) is 0 Å². The number of hydrogen-bond donors (Lipinski definition) is 0. The molecule has 13 heavy (non-hydrogen) atoms. The zero-order valence-electron chi connectivity index (χ0n) is 6.90. The summed E-state index contributed by atoms with van der Waals surface area (Å²) in [5.74, 6) is 0. The molecule has 0 aliphatic rings. The van der Waals surface area contributed by atoms with E-state index in [1.54, 1.807) is 11.5 Å². The predicted molar refractivity (Wildman–Crippen MR) is 60.2 cm³/mol. The largest absolute Gasteiger partial charge is 0.192 e. The van der Waals surface area contributed by atoms with Crippen LogP contribution in [0, 0.1) is 0 Å². The lowest BCUT2D eigenvalue weighted by atomic mass is 10.1. The van der Waals surface area contributed by atoms with Crippen LogP contribution >= 0.6 is 27.5 Å². The topological polar surface area (TPSA) is 12.9 Å². The van der Waals surface area contributed by atoms with Crippen molar-refractivity contribution in [3.05, 3.63) is 41.3 Å². The summed E-state index contributed by atoms with van der Waals surface area (Å²) in [6.07, 6.45) is 0. The van der Waals surface area contributed by atoms with Crippen molar-refractivity contribution in [2.24, 2.45) is 0 Å². The second-order valence-electron chi connectivity index (χ2n) is 2.68. The molecule has 0 atom stereocenters. The second kappa shape index (κ2) is 4.03. The molecule has 0 radical (unpaired) electrons. The van der Waals surface area contributed by atoms with E-state index in [-0.39, 0.29) is 0 Å². The Morgan fingerprint density at radius 2 is 2.00 bits per heavy atom. The van der Waals surface area contributed by atoms with Gasteiger partial charge in [0.15, 0.2) is 0 Å². The molecule has 0 aliphatic heterocycles. The second-order valence-corrected chi connectivity index (χ2v) is 4.13. The number of nitrogens with zero attached hydrogens (tertiary/aromatic N) is 1. The molecule has 0 amide bonds. The molecular weight excluding hydrogens is 246 g/mol. The molecule has 0 saturated carbocycles. The maximum Gasteiger partial charge on any atom is 0.0843 e. The van der Waals surface area contributed by atoms with E-state index in [4.69, 9.17) is 0 Å². The average Bonchev–Trinajstić information content (AvgIpc) is 2.67. The first-order chi connectivity index (χ1) is 6.40. The van der Waals surface area contributed by atoms with Crippen molar-refractivity contribution in [1.29, 1.82) is 0 Å². The van der Waals surface area contributed by atoms with Gasteiger partial charge in [-0.25, -0.2) is 0 Å². The van der Waals surface area contributed by atoms with Crippen LogP contribution in [-0.4, -0.2) is 4.37 Å². The summed E-state index contributed by atoms with van der Waals surface area (Å²) in [6, 6.07) is 12.3. The Balaban J connectivity index is 2.36. The van der Waals surface area contributed by atoms with Crippen molar-refractivity contribution in [3.63, 3.8) is 0 Å². The molecule has 66 valence electrons. The van der Waals surface area contributed by atoms with E-state index in [2.05, 4.69) is 38.5 Å². The Morgan fingerprint density at radius 3 is 2.62 bits per heavy atom. The van der Waals surface area contributed by atoms with Crippen molar-refractivity contribution in [1.82, 2.24) is 4.37 Å². The van der Waals surface area contributed by atoms with Crippen LogP contribution in [0.4, 0.5) is 0 Å². The molecular formula is C10H8BrNS. The third kappa shape index (κ3) is 1.98. The van der Waals surface area contributed by atoms with Gasteiger partial charge < -0.3 is 0 Å². The van der Waals surface area contributed by atoms with Gasteiger partial charge in [-0.2, -0.15) is 4.37 Å². The summed E-state index contributed by atoms with van der Waals surface area (Å²) in [6.45, 7) is 0. The fraction of sp³-hybridized carbons (Fsp3) is 0.100. The standard InChI is InChI=1S/C10H8BrNS/c11-7-9-6-10(12-13-9)8-4-2-1-3-5-8/h1-6H,7H2. The Bertz CT molecular complexity index is 383. The van der Waals surface area contributed by atoms with E-state index in [9.17, 15) is 0 Å². The van der Waals surface area contributed by atoms with Gasteiger partial charge in [-0.15, -0.1) is 0 Å². The summed E-state index contributed by atoms with van der Waals surface area (Å²) in [7, 11) is 0. The number of aromatic nitrogens is 1. The summed E-state index contributed by atoms with van der Waals surface area (Å²) in [4.78, 5) is 1.26. The zero-order valence-corrected chi connectivity index (χ0v) is 9.31. The van der Waals surface area contributed by atoms with Crippen molar-refractivity contribution < 1.29 is 0 Å². The fourth-order valence-corrected chi connectivity index (χ4v) is 2.18. The molecule has 0 unspecified atom stereocenters. The van der Waals surface area contributed by atoms with Gasteiger partial charge in [0, 0.05) is 15.8 Å². The molecule has 1 nitrogen and oxygen atoms in total. The lowest BCUT2D eigenvalue weighted by Gasteiger charge is -1.92. The highest BCUT2D eigenvalue weighted by atomic mass is 79.9. The summed E-state index contributed by atoms with van der Waals surface area (Å²) >= 11 is 4.96. The zero-order chi connectivity index (χ0) is 9.10. The van der Waals surface area contributed by atoms with E-state index < -0.39 is 0 Å². The molecule has 1 heterocycles. The Kier molecular flexibility index (Phi) is 2.76. The smallest absolute Gasteiger partial charge is 0.0843 e. The molecule has 1 aromatic carbocycles. The highest BCUT2D eigenvalue weighted by Gasteiger charge is 2.01. The van der Waals surface area contributed by atoms with E-state index in [1.165, 1.54) is 10.4 Å². The van der Waals surface area contributed by atoms with Crippen molar-refractivity contribution >= 4 is 27.5 Å². The SMILES string of the molecule is BrCc1cc(-c2ccccc2)ns1. The van der Waals surface area contributed by atoms with Crippen LogP contribution in [-0.2, 0) is 5.33 Å². The lowest BCUT2D eigenvalue weighted by molar-refractivity contribution is 1.51. The molecule has 0 fully saturated rings. The minimum atomic E-state index is 0.886. The molecule has 2 aromatic rings. The van der Waals surface area contributed by atoms with Crippen LogP contribution in [0.2, 0.25) is 0 Å². The van der Waals surface area contributed by atoms with E-state index in [0.717, 1.165) is 11.0 Å². The minimum absolute atomic E-state index is 0.886. The van der Waals surface area contributed by atoms with E-state index in [1.807, 2.05) is 18.2 Å².